The molecule has 0 aliphatic carbocycles. The van der Waals surface area contributed by atoms with Gasteiger partial charge in [0.15, 0.2) is 12.4 Å². The first-order valence-electron chi connectivity index (χ1n) is 14.6. The fourth-order valence-electron chi connectivity index (χ4n) is 5.66. The molecule has 1 atom stereocenters. The molecule has 234 valence electrons. The SMILES string of the molecule is Br.CCOC(=O)COc1c(N2CCCC2C(=O)CN2Cc3cc(OCC)c(C(=O)NC)cc3C2=N)cccc1C(C)(C)C. The van der Waals surface area contributed by atoms with Gasteiger partial charge in [-0.25, -0.2) is 4.79 Å². The lowest BCUT2D eigenvalue weighted by molar-refractivity contribution is -0.145. The van der Waals surface area contributed by atoms with Gasteiger partial charge in [0, 0.05) is 31.3 Å². The fourth-order valence-corrected chi connectivity index (χ4v) is 5.66. The molecule has 1 fully saturated rings. The summed E-state index contributed by atoms with van der Waals surface area (Å²) in [7, 11) is 1.55. The highest BCUT2D eigenvalue weighted by Gasteiger charge is 2.37. The average molecular weight is 660 g/mol. The van der Waals surface area contributed by atoms with Crippen molar-refractivity contribution < 1.29 is 28.6 Å². The minimum Gasteiger partial charge on any atom is -0.493 e. The van der Waals surface area contributed by atoms with Gasteiger partial charge in [0.05, 0.1) is 37.1 Å². The number of carbonyl (C=O) groups excluding carboxylic acids is 3. The van der Waals surface area contributed by atoms with Gasteiger partial charge in [0.25, 0.3) is 5.91 Å². The molecule has 0 bridgehead atoms. The van der Waals surface area contributed by atoms with E-state index in [9.17, 15) is 14.4 Å². The van der Waals surface area contributed by atoms with Crippen molar-refractivity contribution in [3.05, 3.63) is 52.6 Å². The van der Waals surface area contributed by atoms with E-state index in [2.05, 4.69) is 31.0 Å². The number of hydrogen-bond acceptors (Lipinski definition) is 8. The first-order chi connectivity index (χ1) is 20.0. The summed E-state index contributed by atoms with van der Waals surface area (Å²) in [6.07, 6.45) is 1.51. The summed E-state index contributed by atoms with van der Waals surface area (Å²) in [5, 5.41) is 11.4. The number of halogens is 1. The molecule has 2 aromatic carbocycles. The summed E-state index contributed by atoms with van der Waals surface area (Å²) in [5.41, 5.74) is 3.30. The van der Waals surface area contributed by atoms with E-state index in [0.29, 0.717) is 48.7 Å². The molecule has 1 amide bonds. The van der Waals surface area contributed by atoms with E-state index >= 15 is 0 Å². The molecule has 0 saturated carbocycles. The summed E-state index contributed by atoms with van der Waals surface area (Å²) in [6, 6.07) is 8.96. The Kier molecular flexibility index (Phi) is 11.2. The number of rotatable bonds is 11. The molecule has 43 heavy (non-hydrogen) atoms. The number of anilines is 1. The summed E-state index contributed by atoms with van der Waals surface area (Å²) >= 11 is 0. The van der Waals surface area contributed by atoms with Crippen molar-refractivity contribution >= 4 is 46.2 Å². The fraction of sp³-hybridized carbons (Fsp3) is 0.500. The van der Waals surface area contributed by atoms with Gasteiger partial charge in [-0.15, -0.1) is 17.0 Å². The second-order valence-electron chi connectivity index (χ2n) is 11.5. The molecular formula is C32H43BrN4O6. The predicted molar refractivity (Wildman–Crippen MR) is 171 cm³/mol. The highest BCUT2D eigenvalue weighted by molar-refractivity contribution is 8.93. The maximum absolute atomic E-state index is 13.8. The highest BCUT2D eigenvalue weighted by Crippen LogP contribution is 2.42. The minimum atomic E-state index is -0.444. The Bertz CT molecular complexity index is 1370. The first-order valence-corrected chi connectivity index (χ1v) is 14.6. The molecule has 1 saturated heterocycles. The van der Waals surface area contributed by atoms with Crippen LogP contribution in [0.4, 0.5) is 5.69 Å². The van der Waals surface area contributed by atoms with Crippen molar-refractivity contribution in [1.82, 2.24) is 10.2 Å². The molecule has 2 aliphatic rings. The quantitative estimate of drug-likeness (QED) is 0.335. The van der Waals surface area contributed by atoms with Crippen LogP contribution in [0.3, 0.4) is 0 Å². The van der Waals surface area contributed by atoms with Crippen molar-refractivity contribution in [1.29, 1.82) is 5.41 Å². The maximum atomic E-state index is 13.8. The Balaban J connectivity index is 0.00000506. The first kappa shape index (κ1) is 33.9. The number of ketones is 1. The van der Waals surface area contributed by atoms with Crippen LogP contribution < -0.4 is 19.7 Å². The number of hydrogen-bond donors (Lipinski definition) is 2. The van der Waals surface area contributed by atoms with Crippen LogP contribution in [0.15, 0.2) is 30.3 Å². The van der Waals surface area contributed by atoms with Crippen LogP contribution in [-0.2, 0) is 26.3 Å². The van der Waals surface area contributed by atoms with Gasteiger partial charge in [-0.2, -0.15) is 0 Å². The van der Waals surface area contributed by atoms with Gasteiger partial charge in [-0.1, -0.05) is 32.9 Å². The van der Waals surface area contributed by atoms with E-state index < -0.39 is 12.0 Å². The second kappa shape index (κ2) is 14.2. The van der Waals surface area contributed by atoms with Gasteiger partial charge >= 0.3 is 5.97 Å². The molecule has 0 aromatic heterocycles. The summed E-state index contributed by atoms with van der Waals surface area (Å²) in [4.78, 5) is 42.3. The highest BCUT2D eigenvalue weighted by atomic mass is 79.9. The number of amidine groups is 1. The van der Waals surface area contributed by atoms with E-state index in [0.717, 1.165) is 23.2 Å². The Labute approximate surface area is 264 Å². The molecule has 0 radical (unpaired) electrons. The third kappa shape index (κ3) is 7.31. The third-order valence-electron chi connectivity index (χ3n) is 7.63. The number of para-hydroxylation sites is 1. The number of esters is 1. The second-order valence-corrected chi connectivity index (χ2v) is 11.5. The van der Waals surface area contributed by atoms with Crippen LogP contribution in [0.1, 0.15) is 74.5 Å². The average Bonchev–Trinajstić information content (AvgIpc) is 3.55. The minimum absolute atomic E-state index is 0. The normalized spacial score (nSPS) is 16.0. The number of benzene rings is 2. The Morgan fingerprint density at radius 2 is 1.84 bits per heavy atom. The third-order valence-corrected chi connectivity index (χ3v) is 7.63. The van der Waals surface area contributed by atoms with Crippen molar-refractivity contribution in [3.8, 4) is 11.5 Å². The number of amides is 1. The van der Waals surface area contributed by atoms with Crippen LogP contribution in [0.25, 0.3) is 0 Å². The molecule has 10 nitrogen and oxygen atoms in total. The topological polar surface area (TPSA) is 121 Å². The molecule has 4 rings (SSSR count). The van der Waals surface area contributed by atoms with Crippen LogP contribution >= 0.6 is 17.0 Å². The molecule has 11 heteroatoms. The van der Waals surface area contributed by atoms with Gasteiger partial charge in [0.2, 0.25) is 0 Å². The van der Waals surface area contributed by atoms with E-state index in [1.165, 1.54) is 0 Å². The number of nitrogens with zero attached hydrogens (tertiary/aromatic N) is 2. The maximum Gasteiger partial charge on any atom is 0.344 e. The Morgan fingerprint density at radius 3 is 2.49 bits per heavy atom. The van der Waals surface area contributed by atoms with Gasteiger partial charge in [-0.3, -0.25) is 15.0 Å². The molecule has 2 N–H and O–H groups in total. The zero-order chi connectivity index (χ0) is 30.6. The number of fused-ring (bicyclic) bond motifs is 1. The van der Waals surface area contributed by atoms with Crippen molar-refractivity contribution in [3.63, 3.8) is 0 Å². The Morgan fingerprint density at radius 1 is 1.09 bits per heavy atom. The largest absolute Gasteiger partial charge is 0.493 e. The lowest BCUT2D eigenvalue weighted by Crippen LogP contribution is -2.42. The zero-order valence-corrected chi connectivity index (χ0v) is 27.6. The van der Waals surface area contributed by atoms with E-state index in [1.807, 2.05) is 25.1 Å². The number of ether oxygens (including phenoxy) is 3. The smallest absolute Gasteiger partial charge is 0.344 e. The van der Waals surface area contributed by atoms with Gasteiger partial charge < -0.3 is 29.3 Å². The van der Waals surface area contributed by atoms with Crippen LogP contribution in [-0.4, -0.2) is 74.4 Å². The molecule has 1 unspecified atom stereocenters. The van der Waals surface area contributed by atoms with E-state index in [1.54, 1.807) is 31.0 Å². The van der Waals surface area contributed by atoms with Crippen LogP contribution in [0.5, 0.6) is 11.5 Å². The summed E-state index contributed by atoms with van der Waals surface area (Å²) < 4.78 is 16.9. The van der Waals surface area contributed by atoms with E-state index in [-0.39, 0.29) is 59.7 Å². The van der Waals surface area contributed by atoms with Crippen molar-refractivity contribution in [2.45, 2.75) is 65.5 Å². The monoisotopic (exact) mass is 658 g/mol. The van der Waals surface area contributed by atoms with Crippen molar-refractivity contribution in [2.75, 3.05) is 44.9 Å². The van der Waals surface area contributed by atoms with Crippen LogP contribution in [0.2, 0.25) is 0 Å². The van der Waals surface area contributed by atoms with E-state index in [4.69, 9.17) is 19.6 Å². The number of carbonyl (C=O) groups is 3. The van der Waals surface area contributed by atoms with Gasteiger partial charge in [0.1, 0.15) is 17.3 Å². The molecular weight excluding hydrogens is 616 g/mol. The molecule has 2 aliphatic heterocycles. The predicted octanol–water partition coefficient (Wildman–Crippen LogP) is 4.64. The lowest BCUT2D eigenvalue weighted by Gasteiger charge is -2.32. The van der Waals surface area contributed by atoms with Crippen LogP contribution in [0, 0.1) is 5.41 Å². The molecule has 2 aromatic rings. The lowest BCUT2D eigenvalue weighted by atomic mass is 9.85. The van der Waals surface area contributed by atoms with Crippen molar-refractivity contribution in [2.24, 2.45) is 0 Å². The molecule has 0 spiro atoms. The number of nitrogens with one attached hydrogen (secondary N) is 2. The van der Waals surface area contributed by atoms with Gasteiger partial charge in [-0.05, 0) is 55.9 Å². The molecule has 2 heterocycles. The zero-order valence-electron chi connectivity index (χ0n) is 25.9. The summed E-state index contributed by atoms with van der Waals surface area (Å²) in [6.45, 7) is 11.4. The summed E-state index contributed by atoms with van der Waals surface area (Å²) in [5.74, 6) is 0.532. The Hall–Kier alpha value is -3.60. The standard InChI is InChI=1S/C32H42N4O6.BrH/c1-7-40-27-15-20-17-35(30(33)21(20)16-22(27)31(39)34-6)18-26(37)24-13-10-14-36(24)25-12-9-11-23(32(3,4)5)29(25)42-19-28(38)41-8-2;/h9,11-12,15-16,24,33H,7-8,10,13-14,17-19H2,1-6H3,(H,34,39);1H. The number of Topliss-reactive ketones (excluding diaryl/α,β-unsaturated/α-hetero) is 1.